The van der Waals surface area contributed by atoms with Gasteiger partial charge in [0.05, 0.1) is 5.69 Å². The van der Waals surface area contributed by atoms with Crippen molar-refractivity contribution in [3.63, 3.8) is 0 Å². The van der Waals surface area contributed by atoms with E-state index >= 15 is 0 Å². The molecule has 1 heterocycles. The predicted octanol–water partition coefficient (Wildman–Crippen LogP) is 1.80. The lowest BCUT2D eigenvalue weighted by molar-refractivity contribution is 0.0686. The third-order valence-electron chi connectivity index (χ3n) is 2.62. The average Bonchev–Trinajstić information content (AvgIpc) is 2.70. The Morgan fingerprint density at radius 3 is 2.24 bits per heavy atom. The number of sulfonamides is 1. The van der Waals surface area contributed by atoms with Crippen molar-refractivity contribution in [3.8, 4) is 0 Å². The van der Waals surface area contributed by atoms with Crippen LogP contribution in [0.4, 0.5) is 14.5 Å². The Balaban J connectivity index is 2.38. The zero-order valence-corrected chi connectivity index (χ0v) is 11.5. The Kier molecular flexibility index (Phi) is 3.69. The zero-order valence-electron chi connectivity index (χ0n) is 10.7. The topological polar surface area (TPSA) is 88.4 Å². The summed E-state index contributed by atoms with van der Waals surface area (Å²) in [7, 11) is -2.78. The van der Waals surface area contributed by atoms with E-state index in [4.69, 9.17) is 5.11 Å². The molecule has 0 bridgehead atoms. The number of aromatic carboxylic acids is 1. The normalized spacial score (nSPS) is 11.4. The van der Waals surface area contributed by atoms with Crippen LogP contribution >= 0.6 is 0 Å². The van der Waals surface area contributed by atoms with Gasteiger partial charge in [0, 0.05) is 19.3 Å². The highest BCUT2D eigenvalue weighted by Gasteiger charge is 2.20. The molecule has 0 aliphatic heterocycles. The van der Waals surface area contributed by atoms with Crippen molar-refractivity contribution >= 4 is 21.7 Å². The molecule has 21 heavy (non-hydrogen) atoms. The summed E-state index contributed by atoms with van der Waals surface area (Å²) in [5.41, 5.74) is -0.533. The molecule has 112 valence electrons. The minimum Gasteiger partial charge on any atom is -0.477 e. The second-order valence-corrected chi connectivity index (χ2v) is 5.92. The van der Waals surface area contributed by atoms with E-state index in [1.165, 1.54) is 7.05 Å². The molecule has 0 radical (unpaired) electrons. The van der Waals surface area contributed by atoms with E-state index in [0.717, 1.165) is 29.0 Å². The molecule has 0 unspecified atom stereocenters. The maximum Gasteiger partial charge on any atom is 0.352 e. The molecule has 2 rings (SSSR count). The monoisotopic (exact) mass is 316 g/mol. The summed E-state index contributed by atoms with van der Waals surface area (Å²) in [6, 6.07) is 3.16. The van der Waals surface area contributed by atoms with Gasteiger partial charge in [-0.05, 0) is 18.2 Å². The summed E-state index contributed by atoms with van der Waals surface area (Å²) < 4.78 is 53.2. The van der Waals surface area contributed by atoms with Crippen molar-refractivity contribution in [2.24, 2.45) is 7.05 Å². The van der Waals surface area contributed by atoms with E-state index in [0.29, 0.717) is 6.07 Å². The van der Waals surface area contributed by atoms with Gasteiger partial charge in [0.25, 0.3) is 10.0 Å². The summed E-state index contributed by atoms with van der Waals surface area (Å²) in [5, 5.41) is 8.87. The Hall–Kier alpha value is -2.42. The van der Waals surface area contributed by atoms with Gasteiger partial charge < -0.3 is 9.67 Å². The lowest BCUT2D eigenvalue weighted by Gasteiger charge is -2.06. The number of aryl methyl sites for hydroxylation is 1. The molecule has 1 aromatic heterocycles. The van der Waals surface area contributed by atoms with Crippen LogP contribution in [0, 0.1) is 11.6 Å². The van der Waals surface area contributed by atoms with Crippen LogP contribution in [0.2, 0.25) is 0 Å². The molecule has 6 nitrogen and oxygen atoms in total. The van der Waals surface area contributed by atoms with Gasteiger partial charge in [0.1, 0.15) is 22.2 Å². The van der Waals surface area contributed by atoms with E-state index in [1.54, 1.807) is 0 Å². The minimum absolute atomic E-state index is 0.235. The first-order valence-corrected chi connectivity index (χ1v) is 7.06. The fraction of sp³-hybridized carbons (Fsp3) is 0.0833. The van der Waals surface area contributed by atoms with Crippen LogP contribution in [0.1, 0.15) is 10.5 Å². The van der Waals surface area contributed by atoms with Gasteiger partial charge in [-0.3, -0.25) is 4.72 Å². The quantitative estimate of drug-likeness (QED) is 0.900. The Morgan fingerprint density at radius 1 is 1.19 bits per heavy atom. The van der Waals surface area contributed by atoms with Crippen molar-refractivity contribution in [2.75, 3.05) is 4.72 Å². The van der Waals surface area contributed by atoms with Gasteiger partial charge in [-0.25, -0.2) is 22.0 Å². The molecule has 0 fully saturated rings. The number of hydrogen-bond donors (Lipinski definition) is 2. The maximum absolute atomic E-state index is 13.0. The molecule has 2 aromatic rings. The van der Waals surface area contributed by atoms with E-state index in [-0.39, 0.29) is 16.3 Å². The number of carboxylic acids is 1. The standard InChI is InChI=1S/C12H10F2N2O4S/c1-16-6-10(5-11(16)12(17)18)21(19,20)15-9-3-7(13)2-8(14)4-9/h2-6,15H,1H3,(H,17,18). The van der Waals surface area contributed by atoms with Crippen molar-refractivity contribution in [3.05, 3.63) is 47.8 Å². The summed E-state index contributed by atoms with van der Waals surface area (Å²) in [5.74, 6) is -3.17. The minimum atomic E-state index is -4.15. The fourth-order valence-corrected chi connectivity index (χ4v) is 2.83. The van der Waals surface area contributed by atoms with Gasteiger partial charge in [0.2, 0.25) is 0 Å². The largest absolute Gasteiger partial charge is 0.477 e. The van der Waals surface area contributed by atoms with Gasteiger partial charge in [-0.15, -0.1) is 0 Å². The number of carboxylic acid groups (broad SMARTS) is 1. The van der Waals surface area contributed by atoms with Crippen LogP contribution in [0.25, 0.3) is 0 Å². The summed E-state index contributed by atoms with van der Waals surface area (Å²) in [6.45, 7) is 0. The highest BCUT2D eigenvalue weighted by molar-refractivity contribution is 7.92. The Labute approximate surface area is 118 Å². The molecule has 0 amide bonds. The van der Waals surface area contributed by atoms with Crippen LogP contribution in [0.15, 0.2) is 35.4 Å². The fourth-order valence-electron chi connectivity index (χ4n) is 1.72. The number of carbonyl (C=O) groups is 1. The lowest BCUT2D eigenvalue weighted by Crippen LogP contribution is -2.12. The first kappa shape index (κ1) is 15.0. The zero-order chi connectivity index (χ0) is 15.8. The number of nitrogens with one attached hydrogen (secondary N) is 1. The third-order valence-corrected chi connectivity index (χ3v) is 3.97. The van der Waals surface area contributed by atoms with E-state index < -0.39 is 27.6 Å². The number of anilines is 1. The maximum atomic E-state index is 13.0. The molecule has 0 aliphatic carbocycles. The van der Waals surface area contributed by atoms with Gasteiger partial charge >= 0.3 is 5.97 Å². The molecule has 9 heteroatoms. The average molecular weight is 316 g/mol. The van der Waals surface area contributed by atoms with E-state index in [2.05, 4.69) is 0 Å². The number of rotatable bonds is 4. The van der Waals surface area contributed by atoms with Crippen LogP contribution in [0.5, 0.6) is 0 Å². The molecule has 0 atom stereocenters. The highest BCUT2D eigenvalue weighted by atomic mass is 32.2. The van der Waals surface area contributed by atoms with E-state index in [9.17, 15) is 22.0 Å². The first-order valence-electron chi connectivity index (χ1n) is 5.57. The molecular formula is C12H10F2N2O4S. The Bertz CT molecular complexity index is 794. The van der Waals surface area contributed by atoms with Crippen LogP contribution in [-0.4, -0.2) is 24.1 Å². The number of benzene rings is 1. The number of hydrogen-bond acceptors (Lipinski definition) is 3. The predicted molar refractivity (Wildman–Crippen MR) is 69.5 cm³/mol. The molecule has 0 saturated heterocycles. The van der Waals surface area contributed by atoms with E-state index in [1.807, 2.05) is 4.72 Å². The molecule has 0 saturated carbocycles. The lowest BCUT2D eigenvalue weighted by atomic mass is 10.3. The summed E-state index contributed by atoms with van der Waals surface area (Å²) in [6.07, 6.45) is 1.08. The number of aromatic nitrogens is 1. The van der Waals surface area contributed by atoms with Gasteiger partial charge in [0.15, 0.2) is 0 Å². The molecular weight excluding hydrogens is 306 g/mol. The van der Waals surface area contributed by atoms with Crippen LogP contribution in [0.3, 0.4) is 0 Å². The van der Waals surface area contributed by atoms with Crippen LogP contribution < -0.4 is 4.72 Å². The van der Waals surface area contributed by atoms with Crippen molar-refractivity contribution < 1.29 is 27.1 Å². The molecule has 1 aromatic carbocycles. The van der Waals surface area contributed by atoms with Gasteiger partial charge in [-0.1, -0.05) is 0 Å². The smallest absolute Gasteiger partial charge is 0.352 e. The molecule has 0 aliphatic rings. The second-order valence-electron chi connectivity index (χ2n) is 4.24. The number of halogens is 2. The SMILES string of the molecule is Cn1cc(S(=O)(=O)Nc2cc(F)cc(F)c2)cc1C(=O)O. The van der Waals surface area contributed by atoms with Crippen molar-refractivity contribution in [1.29, 1.82) is 0 Å². The third kappa shape index (κ3) is 3.19. The summed E-state index contributed by atoms with van der Waals surface area (Å²) >= 11 is 0. The molecule has 0 spiro atoms. The van der Waals surface area contributed by atoms with Crippen LogP contribution in [-0.2, 0) is 17.1 Å². The van der Waals surface area contributed by atoms with Crippen molar-refractivity contribution in [1.82, 2.24) is 4.57 Å². The van der Waals surface area contributed by atoms with Gasteiger partial charge in [-0.2, -0.15) is 0 Å². The molecule has 2 N–H and O–H groups in total. The number of nitrogens with zero attached hydrogens (tertiary/aromatic N) is 1. The Morgan fingerprint density at radius 2 is 1.76 bits per heavy atom. The van der Waals surface area contributed by atoms with Crippen molar-refractivity contribution in [2.45, 2.75) is 4.90 Å². The summed E-state index contributed by atoms with van der Waals surface area (Å²) in [4.78, 5) is 10.5. The second kappa shape index (κ2) is 5.17. The first-order chi connectivity index (χ1) is 9.69. The highest BCUT2D eigenvalue weighted by Crippen LogP contribution is 2.20.